The Labute approximate surface area is 155 Å². The molecule has 5 rings (SSSR count). The lowest BCUT2D eigenvalue weighted by atomic mass is 10.1. The van der Waals surface area contributed by atoms with Crippen molar-refractivity contribution in [2.24, 2.45) is 0 Å². The van der Waals surface area contributed by atoms with E-state index in [1.807, 2.05) is 24.3 Å². The number of imidazole rings is 1. The summed E-state index contributed by atoms with van der Waals surface area (Å²) in [5.74, 6) is 0.327. The van der Waals surface area contributed by atoms with Crippen molar-refractivity contribution < 1.29 is 13.9 Å². The highest BCUT2D eigenvalue weighted by Gasteiger charge is 2.26. The predicted octanol–water partition coefficient (Wildman–Crippen LogP) is 4.08. The fourth-order valence-corrected chi connectivity index (χ4v) is 3.28. The van der Waals surface area contributed by atoms with Crippen molar-refractivity contribution in [1.82, 2.24) is 14.5 Å². The van der Waals surface area contributed by atoms with Crippen molar-refractivity contribution in [3.05, 3.63) is 72.7 Å². The van der Waals surface area contributed by atoms with Crippen molar-refractivity contribution in [2.45, 2.75) is 12.6 Å². The van der Waals surface area contributed by atoms with Gasteiger partial charge in [0.15, 0.2) is 6.10 Å². The molecule has 1 aliphatic rings. The predicted molar refractivity (Wildman–Crippen MR) is 99.3 cm³/mol. The molecule has 0 saturated heterocycles. The number of benzene rings is 2. The first-order chi connectivity index (χ1) is 13.3. The van der Waals surface area contributed by atoms with Gasteiger partial charge in [-0.05, 0) is 36.4 Å². The number of hydrogen-bond donors (Lipinski definition) is 0. The quantitative estimate of drug-likeness (QED) is 0.550. The van der Waals surface area contributed by atoms with Gasteiger partial charge in [-0.1, -0.05) is 24.3 Å². The highest BCUT2D eigenvalue weighted by atomic mass is 19.1. The number of nitrogens with zero attached hydrogens (tertiary/aromatic N) is 3. The first-order valence-electron chi connectivity index (χ1n) is 8.73. The number of pyridine rings is 1. The van der Waals surface area contributed by atoms with Crippen LogP contribution in [0.3, 0.4) is 0 Å². The zero-order chi connectivity index (χ0) is 18.2. The first kappa shape index (κ1) is 15.8. The molecule has 0 unspecified atom stereocenters. The Balaban J connectivity index is 1.25. The van der Waals surface area contributed by atoms with Gasteiger partial charge in [0.1, 0.15) is 18.2 Å². The van der Waals surface area contributed by atoms with E-state index in [1.54, 1.807) is 36.5 Å². The summed E-state index contributed by atoms with van der Waals surface area (Å²) in [5, 5.41) is 0. The molecule has 0 amide bonds. The summed E-state index contributed by atoms with van der Waals surface area (Å²) in [6.45, 7) is 1.08. The van der Waals surface area contributed by atoms with E-state index >= 15 is 0 Å². The van der Waals surface area contributed by atoms with Gasteiger partial charge in [-0.3, -0.25) is 9.55 Å². The molecule has 6 heteroatoms. The number of rotatable bonds is 4. The minimum absolute atomic E-state index is 0.108. The van der Waals surface area contributed by atoms with Crippen molar-refractivity contribution in [1.29, 1.82) is 0 Å². The van der Waals surface area contributed by atoms with Crippen LogP contribution in [0.1, 0.15) is 0 Å². The molecule has 3 heterocycles. The molecule has 0 N–H and O–H groups in total. The Morgan fingerprint density at radius 3 is 2.78 bits per heavy atom. The minimum Gasteiger partial charge on any atom is -0.488 e. The van der Waals surface area contributed by atoms with Crippen LogP contribution in [0.15, 0.2) is 66.9 Å². The molecule has 0 saturated carbocycles. The lowest BCUT2D eigenvalue weighted by molar-refractivity contribution is 0.143. The fourth-order valence-electron chi connectivity index (χ4n) is 3.28. The van der Waals surface area contributed by atoms with Gasteiger partial charge in [-0.15, -0.1) is 0 Å². The summed E-state index contributed by atoms with van der Waals surface area (Å²) in [4.78, 5) is 8.79. The van der Waals surface area contributed by atoms with Crippen LogP contribution in [-0.2, 0) is 6.54 Å². The SMILES string of the molecule is Fc1ccccc1-c1ccc(OC[C@@H]2Cn3c(nc4ccccc43)O2)cn1. The fraction of sp³-hybridized carbons (Fsp3) is 0.143. The van der Waals surface area contributed by atoms with Crippen molar-refractivity contribution in [3.63, 3.8) is 0 Å². The second-order valence-electron chi connectivity index (χ2n) is 6.40. The average molecular weight is 361 g/mol. The number of halogens is 1. The normalized spacial score (nSPS) is 15.5. The number of fused-ring (bicyclic) bond motifs is 3. The standard InChI is InChI=1S/C21H16FN3O2/c22-17-6-2-1-5-16(17)18-10-9-14(11-23-18)26-13-15-12-25-20-8-4-3-7-19(20)24-21(25)27-15/h1-11,15H,12-13H2/t15-/m0/s1. The van der Waals surface area contributed by atoms with E-state index < -0.39 is 0 Å². The summed E-state index contributed by atoms with van der Waals surface area (Å²) >= 11 is 0. The largest absolute Gasteiger partial charge is 0.488 e. The maximum Gasteiger partial charge on any atom is 0.297 e. The highest BCUT2D eigenvalue weighted by Crippen LogP contribution is 2.28. The summed E-state index contributed by atoms with van der Waals surface area (Å²) < 4.78 is 27.6. The summed E-state index contributed by atoms with van der Waals surface area (Å²) in [6, 6.07) is 18.7. The third-order valence-corrected chi connectivity index (χ3v) is 4.60. The molecule has 5 nitrogen and oxygen atoms in total. The van der Waals surface area contributed by atoms with Crippen molar-refractivity contribution in [3.8, 4) is 23.0 Å². The van der Waals surface area contributed by atoms with Gasteiger partial charge in [0, 0.05) is 5.56 Å². The molecule has 27 heavy (non-hydrogen) atoms. The maximum atomic E-state index is 13.8. The second kappa shape index (κ2) is 6.39. The zero-order valence-corrected chi connectivity index (χ0v) is 14.4. The highest BCUT2D eigenvalue weighted by molar-refractivity contribution is 5.76. The second-order valence-corrected chi connectivity index (χ2v) is 6.40. The van der Waals surface area contributed by atoms with Crippen LogP contribution in [-0.4, -0.2) is 27.2 Å². The zero-order valence-electron chi connectivity index (χ0n) is 14.4. The van der Waals surface area contributed by atoms with Crippen LogP contribution >= 0.6 is 0 Å². The molecular formula is C21H16FN3O2. The van der Waals surface area contributed by atoms with Crippen LogP contribution in [0.4, 0.5) is 4.39 Å². The lowest BCUT2D eigenvalue weighted by Gasteiger charge is -2.12. The number of hydrogen-bond acceptors (Lipinski definition) is 4. The molecule has 1 atom stereocenters. The van der Waals surface area contributed by atoms with Gasteiger partial charge >= 0.3 is 0 Å². The molecule has 2 aromatic heterocycles. The Hall–Kier alpha value is -3.41. The van der Waals surface area contributed by atoms with Gasteiger partial charge < -0.3 is 9.47 Å². The maximum absolute atomic E-state index is 13.8. The van der Waals surface area contributed by atoms with E-state index in [4.69, 9.17) is 9.47 Å². The molecule has 0 aliphatic carbocycles. The van der Waals surface area contributed by atoms with E-state index in [9.17, 15) is 4.39 Å². The van der Waals surface area contributed by atoms with Gasteiger partial charge in [0.05, 0.1) is 29.5 Å². The molecule has 0 bridgehead atoms. The topological polar surface area (TPSA) is 49.2 Å². The summed E-state index contributed by atoms with van der Waals surface area (Å²) in [5.41, 5.74) is 3.04. The molecule has 2 aromatic carbocycles. The molecule has 0 radical (unpaired) electrons. The Bertz CT molecular complexity index is 1110. The van der Waals surface area contributed by atoms with Gasteiger partial charge in [-0.2, -0.15) is 4.98 Å². The van der Waals surface area contributed by atoms with Crippen LogP contribution < -0.4 is 9.47 Å². The molecular weight excluding hydrogens is 345 g/mol. The van der Waals surface area contributed by atoms with E-state index in [2.05, 4.69) is 14.5 Å². The van der Waals surface area contributed by atoms with Crippen LogP contribution in [0.5, 0.6) is 11.8 Å². The third-order valence-electron chi connectivity index (χ3n) is 4.60. The van der Waals surface area contributed by atoms with E-state index in [0.717, 1.165) is 11.0 Å². The molecule has 0 spiro atoms. The number of para-hydroxylation sites is 2. The average Bonchev–Trinajstić information content (AvgIpc) is 3.25. The molecule has 0 fully saturated rings. The Kier molecular flexibility index (Phi) is 3.74. The van der Waals surface area contributed by atoms with Gasteiger partial charge in [-0.25, -0.2) is 4.39 Å². The summed E-state index contributed by atoms with van der Waals surface area (Å²) in [6.07, 6.45) is 1.49. The van der Waals surface area contributed by atoms with Crippen LogP contribution in [0.25, 0.3) is 22.3 Å². The molecule has 134 valence electrons. The lowest BCUT2D eigenvalue weighted by Crippen LogP contribution is -2.23. The van der Waals surface area contributed by atoms with Crippen molar-refractivity contribution >= 4 is 11.0 Å². The van der Waals surface area contributed by atoms with Crippen LogP contribution in [0.2, 0.25) is 0 Å². The Morgan fingerprint density at radius 1 is 1.07 bits per heavy atom. The van der Waals surface area contributed by atoms with Gasteiger partial charge in [0.2, 0.25) is 0 Å². The molecule has 4 aromatic rings. The smallest absolute Gasteiger partial charge is 0.297 e. The van der Waals surface area contributed by atoms with Crippen molar-refractivity contribution in [2.75, 3.05) is 6.61 Å². The minimum atomic E-state index is -0.292. The van der Waals surface area contributed by atoms with Crippen LogP contribution in [0, 0.1) is 5.82 Å². The van der Waals surface area contributed by atoms with Gasteiger partial charge in [0.25, 0.3) is 6.01 Å². The first-order valence-corrected chi connectivity index (χ1v) is 8.73. The van der Waals surface area contributed by atoms with E-state index in [1.165, 1.54) is 6.07 Å². The Morgan fingerprint density at radius 2 is 1.93 bits per heavy atom. The number of aromatic nitrogens is 3. The van der Waals surface area contributed by atoms with E-state index in [0.29, 0.717) is 36.2 Å². The summed E-state index contributed by atoms with van der Waals surface area (Å²) in [7, 11) is 0. The number of ether oxygens (including phenoxy) is 2. The monoisotopic (exact) mass is 361 g/mol. The third kappa shape index (κ3) is 2.89. The van der Waals surface area contributed by atoms with E-state index in [-0.39, 0.29) is 11.9 Å². The molecule has 1 aliphatic heterocycles.